The largest absolute Gasteiger partial charge is 0.225 e. The van der Waals surface area contributed by atoms with Crippen molar-refractivity contribution < 1.29 is 8.42 Å². The van der Waals surface area contributed by atoms with Gasteiger partial charge in [0.15, 0.2) is 0 Å². The van der Waals surface area contributed by atoms with Crippen LogP contribution in [-0.4, -0.2) is 19.7 Å². The Balaban J connectivity index is 2.44. The molecule has 0 aromatic heterocycles. The highest BCUT2D eigenvalue weighted by atomic mass is 35.5. The second-order valence-electron chi connectivity index (χ2n) is 4.03. The van der Waals surface area contributed by atoms with Gasteiger partial charge in [0, 0.05) is 6.04 Å². The Morgan fingerprint density at radius 1 is 1.36 bits per heavy atom. The molecule has 0 saturated heterocycles. The molecule has 84 valence electrons. The van der Waals surface area contributed by atoms with E-state index in [0.717, 1.165) is 12.8 Å². The van der Waals surface area contributed by atoms with Gasteiger partial charge in [0.25, 0.3) is 0 Å². The molecule has 0 aliphatic heterocycles. The number of nitrogens with one attached hydrogen (secondary N) is 1. The Morgan fingerprint density at radius 2 is 1.93 bits per heavy atom. The Morgan fingerprint density at radius 3 is 2.43 bits per heavy atom. The van der Waals surface area contributed by atoms with Crippen LogP contribution in [0, 0.1) is 5.92 Å². The predicted molar refractivity (Wildman–Crippen MR) is 58.8 cm³/mol. The first-order valence-corrected chi connectivity index (χ1v) is 7.30. The Bertz CT molecular complexity index is 260. The molecule has 0 spiro atoms. The van der Waals surface area contributed by atoms with Gasteiger partial charge in [0.1, 0.15) is 5.21 Å². The minimum atomic E-state index is -3.25. The maximum Gasteiger partial charge on any atom is 0.225 e. The SMILES string of the molecule is CC(NS(=O)(=O)CCl)C1CCCCC1. The molecule has 0 radical (unpaired) electrons. The highest BCUT2D eigenvalue weighted by molar-refractivity contribution is 7.90. The molecule has 0 bridgehead atoms. The van der Waals surface area contributed by atoms with Crippen LogP contribution in [0.5, 0.6) is 0 Å². The van der Waals surface area contributed by atoms with Gasteiger partial charge in [-0.05, 0) is 25.7 Å². The van der Waals surface area contributed by atoms with Crippen molar-refractivity contribution in [3.8, 4) is 0 Å². The molecule has 0 aromatic carbocycles. The monoisotopic (exact) mass is 239 g/mol. The molecule has 1 atom stereocenters. The first kappa shape index (κ1) is 12.3. The quantitative estimate of drug-likeness (QED) is 0.764. The zero-order valence-corrected chi connectivity index (χ0v) is 10.1. The Kier molecular flexibility index (Phi) is 4.67. The average Bonchev–Trinajstić information content (AvgIpc) is 2.19. The van der Waals surface area contributed by atoms with Crippen LogP contribution in [-0.2, 0) is 10.0 Å². The smallest absolute Gasteiger partial charge is 0.211 e. The number of rotatable bonds is 4. The van der Waals surface area contributed by atoms with Crippen molar-refractivity contribution in [1.29, 1.82) is 0 Å². The zero-order chi connectivity index (χ0) is 10.6. The number of hydrogen-bond acceptors (Lipinski definition) is 2. The molecule has 0 amide bonds. The van der Waals surface area contributed by atoms with Crippen molar-refractivity contribution in [2.75, 3.05) is 5.21 Å². The summed E-state index contributed by atoms with van der Waals surface area (Å²) in [6, 6.07) is 0.0269. The molecule has 0 aromatic rings. The summed E-state index contributed by atoms with van der Waals surface area (Å²) < 4.78 is 25.0. The van der Waals surface area contributed by atoms with E-state index in [1.807, 2.05) is 6.92 Å². The molecule has 3 nitrogen and oxygen atoms in total. The van der Waals surface area contributed by atoms with Crippen LogP contribution in [0.1, 0.15) is 39.0 Å². The van der Waals surface area contributed by atoms with Crippen molar-refractivity contribution in [3.05, 3.63) is 0 Å². The minimum absolute atomic E-state index is 0.0269. The van der Waals surface area contributed by atoms with Gasteiger partial charge in [-0.3, -0.25) is 0 Å². The third-order valence-electron chi connectivity index (χ3n) is 2.87. The molecule has 14 heavy (non-hydrogen) atoms. The number of sulfonamides is 1. The van der Waals surface area contributed by atoms with Crippen molar-refractivity contribution >= 4 is 21.6 Å². The third-order valence-corrected chi connectivity index (χ3v) is 4.75. The molecule has 1 unspecified atom stereocenters. The van der Waals surface area contributed by atoms with Gasteiger partial charge in [-0.15, -0.1) is 11.6 Å². The van der Waals surface area contributed by atoms with E-state index in [-0.39, 0.29) is 11.3 Å². The summed E-state index contributed by atoms with van der Waals surface area (Å²) in [5.74, 6) is 0.488. The van der Waals surface area contributed by atoms with E-state index in [1.165, 1.54) is 19.3 Å². The van der Waals surface area contributed by atoms with E-state index >= 15 is 0 Å². The zero-order valence-electron chi connectivity index (χ0n) is 8.50. The van der Waals surface area contributed by atoms with Crippen molar-refractivity contribution in [3.63, 3.8) is 0 Å². The van der Waals surface area contributed by atoms with Crippen molar-refractivity contribution in [2.24, 2.45) is 5.92 Å². The first-order valence-electron chi connectivity index (χ1n) is 5.11. The maximum atomic E-state index is 11.2. The second-order valence-corrected chi connectivity index (χ2v) is 6.37. The summed E-state index contributed by atoms with van der Waals surface area (Å²) in [5, 5.41) is -0.343. The summed E-state index contributed by atoms with van der Waals surface area (Å²) in [5.41, 5.74) is 0. The van der Waals surface area contributed by atoms with Crippen LogP contribution >= 0.6 is 11.6 Å². The molecule has 0 heterocycles. The first-order chi connectivity index (χ1) is 6.55. The summed E-state index contributed by atoms with van der Waals surface area (Å²) in [7, 11) is -3.25. The summed E-state index contributed by atoms with van der Waals surface area (Å²) >= 11 is 5.33. The summed E-state index contributed by atoms with van der Waals surface area (Å²) in [4.78, 5) is 0. The lowest BCUT2D eigenvalue weighted by Gasteiger charge is -2.27. The van der Waals surface area contributed by atoms with Gasteiger partial charge < -0.3 is 0 Å². The third kappa shape index (κ3) is 3.75. The predicted octanol–water partition coefficient (Wildman–Crippen LogP) is 2.07. The molecule has 1 aliphatic carbocycles. The van der Waals surface area contributed by atoms with Crippen LogP contribution < -0.4 is 4.72 Å². The Hall–Kier alpha value is 0.200. The number of halogens is 1. The van der Waals surface area contributed by atoms with E-state index in [9.17, 15) is 8.42 Å². The van der Waals surface area contributed by atoms with E-state index in [1.54, 1.807) is 0 Å². The number of hydrogen-bond donors (Lipinski definition) is 1. The van der Waals surface area contributed by atoms with Gasteiger partial charge >= 0.3 is 0 Å². The molecule has 1 saturated carbocycles. The van der Waals surface area contributed by atoms with E-state index in [4.69, 9.17) is 11.6 Å². The molecule has 1 fully saturated rings. The van der Waals surface area contributed by atoms with Crippen LogP contribution in [0.15, 0.2) is 0 Å². The summed E-state index contributed by atoms with van der Waals surface area (Å²) in [6.45, 7) is 1.93. The van der Waals surface area contributed by atoms with Crippen molar-refractivity contribution in [2.45, 2.75) is 45.1 Å². The van der Waals surface area contributed by atoms with E-state index in [2.05, 4.69) is 4.72 Å². The lowest BCUT2D eigenvalue weighted by Crippen LogP contribution is -2.39. The average molecular weight is 240 g/mol. The van der Waals surface area contributed by atoms with Gasteiger partial charge in [0.05, 0.1) is 0 Å². The van der Waals surface area contributed by atoms with Gasteiger partial charge in [0.2, 0.25) is 10.0 Å². The topological polar surface area (TPSA) is 46.2 Å². The fourth-order valence-electron chi connectivity index (χ4n) is 2.05. The molecule has 1 rings (SSSR count). The lowest BCUT2D eigenvalue weighted by molar-refractivity contribution is 0.303. The van der Waals surface area contributed by atoms with Gasteiger partial charge in [-0.1, -0.05) is 19.3 Å². The fraction of sp³-hybridized carbons (Fsp3) is 1.00. The highest BCUT2D eigenvalue weighted by Crippen LogP contribution is 2.26. The molecular weight excluding hydrogens is 222 g/mol. The van der Waals surface area contributed by atoms with Gasteiger partial charge in [-0.25, -0.2) is 13.1 Å². The van der Waals surface area contributed by atoms with Crippen molar-refractivity contribution in [1.82, 2.24) is 4.72 Å². The molecule has 5 heteroatoms. The maximum absolute atomic E-state index is 11.2. The number of alkyl halides is 1. The van der Waals surface area contributed by atoms with Crippen LogP contribution in [0.2, 0.25) is 0 Å². The lowest BCUT2D eigenvalue weighted by atomic mass is 9.85. The molecular formula is C9H18ClNO2S. The highest BCUT2D eigenvalue weighted by Gasteiger charge is 2.23. The summed E-state index contributed by atoms with van der Waals surface area (Å²) in [6.07, 6.45) is 5.98. The molecule has 1 N–H and O–H groups in total. The van der Waals surface area contributed by atoms with E-state index in [0.29, 0.717) is 5.92 Å². The van der Waals surface area contributed by atoms with Gasteiger partial charge in [-0.2, -0.15) is 0 Å². The van der Waals surface area contributed by atoms with Crippen LogP contribution in [0.25, 0.3) is 0 Å². The Labute approximate surface area is 91.3 Å². The minimum Gasteiger partial charge on any atom is -0.211 e. The van der Waals surface area contributed by atoms with E-state index < -0.39 is 10.0 Å². The molecule has 1 aliphatic rings. The van der Waals surface area contributed by atoms with Crippen LogP contribution in [0.3, 0.4) is 0 Å². The standard InChI is InChI=1S/C9H18ClNO2S/c1-8(11-14(12,13)7-10)9-5-3-2-4-6-9/h8-9,11H,2-7H2,1H3. The van der Waals surface area contributed by atoms with Crippen LogP contribution in [0.4, 0.5) is 0 Å². The fourth-order valence-corrected chi connectivity index (χ4v) is 3.06. The normalized spacial score (nSPS) is 22.1. The second kappa shape index (κ2) is 5.33.